The number of Topliss-reactive ketones (excluding diaryl/α,β-unsaturated/α-hetero) is 1. The first-order valence-corrected chi connectivity index (χ1v) is 6.82. The number of hydrogen-bond acceptors (Lipinski definition) is 2. The third-order valence-corrected chi connectivity index (χ3v) is 3.55. The number of ketones is 1. The van der Waals surface area contributed by atoms with Crippen molar-refractivity contribution < 1.29 is 27.9 Å². The lowest BCUT2D eigenvalue weighted by atomic mass is 9.98. The number of alkyl halides is 3. The number of benzene rings is 1. The summed E-state index contributed by atoms with van der Waals surface area (Å²) in [4.78, 5) is 22.2. The van der Waals surface area contributed by atoms with Gasteiger partial charge in [0.05, 0.1) is 5.92 Å². The van der Waals surface area contributed by atoms with Crippen LogP contribution in [0, 0.1) is 5.92 Å². The van der Waals surface area contributed by atoms with E-state index in [1.807, 2.05) is 0 Å². The second-order valence-corrected chi connectivity index (χ2v) is 5.22. The highest BCUT2D eigenvalue weighted by Gasteiger charge is 2.39. The van der Waals surface area contributed by atoms with Crippen molar-refractivity contribution in [2.75, 3.05) is 6.54 Å². The van der Waals surface area contributed by atoms with Gasteiger partial charge in [0.2, 0.25) is 0 Å². The van der Waals surface area contributed by atoms with E-state index in [0.29, 0.717) is 10.0 Å². The molecule has 0 bridgehead atoms. The number of hydrogen-bond donors (Lipinski definition) is 2. The van der Waals surface area contributed by atoms with E-state index in [0.717, 1.165) is 0 Å². The zero-order chi connectivity index (χ0) is 16.0. The molecule has 1 aromatic carbocycles. The van der Waals surface area contributed by atoms with Crippen LogP contribution in [0.15, 0.2) is 28.7 Å². The van der Waals surface area contributed by atoms with Crippen LogP contribution in [0.5, 0.6) is 0 Å². The van der Waals surface area contributed by atoms with Gasteiger partial charge in [0.15, 0.2) is 5.78 Å². The first-order chi connectivity index (χ1) is 9.71. The van der Waals surface area contributed by atoms with Gasteiger partial charge in [0.1, 0.15) is 0 Å². The molecule has 0 aliphatic carbocycles. The Hall–Kier alpha value is -1.57. The number of carbonyl (C=O) groups is 2. The van der Waals surface area contributed by atoms with Gasteiger partial charge in [-0.3, -0.25) is 4.79 Å². The molecule has 0 aliphatic heterocycles. The van der Waals surface area contributed by atoms with Crippen molar-refractivity contribution in [3.05, 3.63) is 34.3 Å². The fourth-order valence-electron chi connectivity index (χ4n) is 1.72. The summed E-state index contributed by atoms with van der Waals surface area (Å²) >= 11 is 3.16. The molecule has 2 N–H and O–H groups in total. The van der Waals surface area contributed by atoms with E-state index in [1.54, 1.807) is 23.5 Å². The van der Waals surface area contributed by atoms with E-state index in [9.17, 15) is 22.8 Å². The van der Waals surface area contributed by atoms with Gasteiger partial charge in [0, 0.05) is 23.0 Å². The van der Waals surface area contributed by atoms with Gasteiger partial charge in [-0.25, -0.2) is 4.79 Å². The number of halogens is 4. The zero-order valence-electron chi connectivity index (χ0n) is 10.8. The molecule has 0 spiro atoms. The van der Waals surface area contributed by atoms with Crippen LogP contribution in [0.25, 0.3) is 0 Å². The van der Waals surface area contributed by atoms with Crippen LogP contribution < -0.4 is 5.32 Å². The first-order valence-electron chi connectivity index (χ1n) is 6.03. The van der Waals surface area contributed by atoms with E-state index < -0.39 is 36.9 Å². The Morgan fingerprint density at radius 1 is 1.29 bits per heavy atom. The smallest absolute Gasteiger partial charge is 0.404 e. The van der Waals surface area contributed by atoms with E-state index in [-0.39, 0.29) is 6.42 Å². The Labute approximate surface area is 127 Å². The lowest BCUT2D eigenvalue weighted by Crippen LogP contribution is -2.36. The lowest BCUT2D eigenvalue weighted by Gasteiger charge is -2.19. The number of nitrogens with one attached hydrogen (secondary N) is 1. The summed E-state index contributed by atoms with van der Waals surface area (Å²) in [5.74, 6) is -2.31. The minimum Gasteiger partial charge on any atom is -0.465 e. The third kappa shape index (κ3) is 5.74. The van der Waals surface area contributed by atoms with Crippen molar-refractivity contribution >= 4 is 27.8 Å². The molecule has 0 saturated heterocycles. The average Bonchev–Trinajstić information content (AvgIpc) is 2.36. The summed E-state index contributed by atoms with van der Waals surface area (Å²) in [6.07, 6.45) is -6.87. The van der Waals surface area contributed by atoms with Crippen molar-refractivity contribution in [3.8, 4) is 0 Å². The number of carboxylic acid groups (broad SMARTS) is 1. The standard InChI is InChI=1S/C13H13BrF3NO3/c14-10-4-2-1-3-9(10)11(19)6-5-8(13(15,16)17)7-18-12(20)21/h1-4,8,18H,5-7H2,(H,20,21). The minimum absolute atomic E-state index is 0.310. The Bertz CT molecular complexity index is 520. The van der Waals surface area contributed by atoms with E-state index in [2.05, 4.69) is 15.9 Å². The summed E-state index contributed by atoms with van der Waals surface area (Å²) in [7, 11) is 0. The molecule has 1 amide bonds. The van der Waals surface area contributed by atoms with Gasteiger partial charge in [-0.2, -0.15) is 13.2 Å². The average molecular weight is 368 g/mol. The summed E-state index contributed by atoms with van der Waals surface area (Å²) in [6.45, 7) is -0.762. The van der Waals surface area contributed by atoms with Gasteiger partial charge in [-0.1, -0.05) is 34.1 Å². The zero-order valence-corrected chi connectivity index (χ0v) is 12.4. The summed E-state index contributed by atoms with van der Waals surface area (Å²) < 4.78 is 38.8. The largest absolute Gasteiger partial charge is 0.465 e. The van der Waals surface area contributed by atoms with Crippen molar-refractivity contribution in [1.29, 1.82) is 0 Å². The maximum Gasteiger partial charge on any atom is 0.404 e. The van der Waals surface area contributed by atoms with Gasteiger partial charge >= 0.3 is 12.3 Å². The van der Waals surface area contributed by atoms with Gasteiger partial charge in [-0.15, -0.1) is 0 Å². The second-order valence-electron chi connectivity index (χ2n) is 4.37. The molecule has 0 heterocycles. The fourth-order valence-corrected chi connectivity index (χ4v) is 2.23. The van der Waals surface area contributed by atoms with Crippen LogP contribution in [0.1, 0.15) is 23.2 Å². The van der Waals surface area contributed by atoms with Gasteiger partial charge in [0.25, 0.3) is 0 Å². The van der Waals surface area contributed by atoms with E-state index in [4.69, 9.17) is 5.11 Å². The van der Waals surface area contributed by atoms with Crippen LogP contribution in [0.4, 0.5) is 18.0 Å². The molecule has 0 aliphatic rings. The van der Waals surface area contributed by atoms with Crippen molar-refractivity contribution in [2.24, 2.45) is 5.92 Å². The summed E-state index contributed by atoms with van der Waals surface area (Å²) in [5.41, 5.74) is 0.310. The predicted molar refractivity (Wildman–Crippen MR) is 73.3 cm³/mol. The predicted octanol–water partition coefficient (Wildman–Crippen LogP) is 3.86. The van der Waals surface area contributed by atoms with E-state index >= 15 is 0 Å². The van der Waals surface area contributed by atoms with Crippen LogP contribution in [-0.4, -0.2) is 29.7 Å². The minimum atomic E-state index is -4.56. The molecule has 1 rings (SSSR count). The maximum atomic E-state index is 12.7. The van der Waals surface area contributed by atoms with Crippen LogP contribution in [0.3, 0.4) is 0 Å². The molecule has 21 heavy (non-hydrogen) atoms. The summed E-state index contributed by atoms with van der Waals surface area (Å²) in [5, 5.41) is 10.1. The molecule has 0 radical (unpaired) electrons. The lowest BCUT2D eigenvalue weighted by molar-refractivity contribution is -0.174. The van der Waals surface area contributed by atoms with Crippen LogP contribution in [-0.2, 0) is 0 Å². The molecule has 0 saturated carbocycles. The highest BCUT2D eigenvalue weighted by atomic mass is 79.9. The van der Waals surface area contributed by atoms with Crippen molar-refractivity contribution in [3.63, 3.8) is 0 Å². The SMILES string of the molecule is O=C(O)NCC(CCC(=O)c1ccccc1Br)C(F)(F)F. The molecule has 4 nitrogen and oxygen atoms in total. The summed E-state index contributed by atoms with van der Waals surface area (Å²) in [6, 6.07) is 6.45. The molecule has 116 valence electrons. The fraction of sp³-hybridized carbons (Fsp3) is 0.385. The van der Waals surface area contributed by atoms with Crippen LogP contribution >= 0.6 is 15.9 Å². The Balaban J connectivity index is 2.66. The molecule has 1 unspecified atom stereocenters. The number of amides is 1. The molecule has 1 atom stereocenters. The topological polar surface area (TPSA) is 66.4 Å². The van der Waals surface area contributed by atoms with Gasteiger partial charge in [-0.05, 0) is 12.5 Å². The molecule has 1 aromatic rings. The highest BCUT2D eigenvalue weighted by Crippen LogP contribution is 2.30. The molecule has 0 fully saturated rings. The molecular formula is C13H13BrF3NO3. The Morgan fingerprint density at radius 2 is 1.90 bits per heavy atom. The highest BCUT2D eigenvalue weighted by molar-refractivity contribution is 9.10. The first kappa shape index (κ1) is 17.5. The number of carbonyl (C=O) groups excluding carboxylic acids is 1. The normalized spacial score (nSPS) is 12.8. The second kappa shape index (κ2) is 7.44. The van der Waals surface area contributed by atoms with E-state index in [1.165, 1.54) is 6.07 Å². The monoisotopic (exact) mass is 367 g/mol. The maximum absolute atomic E-state index is 12.7. The number of rotatable bonds is 6. The third-order valence-electron chi connectivity index (χ3n) is 2.86. The van der Waals surface area contributed by atoms with Crippen molar-refractivity contribution in [2.45, 2.75) is 19.0 Å². The quantitative estimate of drug-likeness (QED) is 0.750. The Kier molecular flexibility index (Phi) is 6.19. The molecular weight excluding hydrogens is 355 g/mol. The molecule has 0 aromatic heterocycles. The van der Waals surface area contributed by atoms with Crippen LogP contribution in [0.2, 0.25) is 0 Å². The molecule has 8 heteroatoms. The van der Waals surface area contributed by atoms with Gasteiger partial charge < -0.3 is 10.4 Å². The Morgan fingerprint density at radius 3 is 2.43 bits per heavy atom. The van der Waals surface area contributed by atoms with Crippen molar-refractivity contribution in [1.82, 2.24) is 5.32 Å².